The van der Waals surface area contributed by atoms with Crippen LogP contribution in [0.25, 0.3) is 0 Å². The Morgan fingerprint density at radius 2 is 1.96 bits per heavy atom. The summed E-state index contributed by atoms with van der Waals surface area (Å²) in [6, 6.07) is 12.7. The van der Waals surface area contributed by atoms with Crippen molar-refractivity contribution in [3.05, 3.63) is 58.6 Å². The summed E-state index contributed by atoms with van der Waals surface area (Å²) >= 11 is 0. The molecule has 142 valence electrons. The van der Waals surface area contributed by atoms with Gasteiger partial charge in [0.1, 0.15) is 18.1 Å². The Kier molecular flexibility index (Phi) is 6.22. The molecule has 2 aromatic carbocycles. The number of nitrogens with one attached hydrogen (secondary N) is 1. The molecule has 8 heteroatoms. The van der Waals surface area contributed by atoms with Gasteiger partial charge in [-0.05, 0) is 37.1 Å². The first kappa shape index (κ1) is 18.7. The number of amides is 1. The van der Waals surface area contributed by atoms with Gasteiger partial charge in [0.15, 0.2) is 6.61 Å². The van der Waals surface area contributed by atoms with Crippen LogP contribution in [0.3, 0.4) is 0 Å². The van der Waals surface area contributed by atoms with Crippen molar-refractivity contribution in [2.75, 3.05) is 25.1 Å². The minimum atomic E-state index is -0.496. The van der Waals surface area contributed by atoms with Crippen LogP contribution in [0.5, 0.6) is 11.5 Å². The molecule has 1 aliphatic rings. The van der Waals surface area contributed by atoms with Gasteiger partial charge in [0.25, 0.3) is 11.6 Å². The maximum atomic E-state index is 12.1. The second-order valence-corrected chi connectivity index (χ2v) is 6.03. The summed E-state index contributed by atoms with van der Waals surface area (Å²) in [5.41, 5.74) is 0.511. The van der Waals surface area contributed by atoms with Crippen LogP contribution in [0.1, 0.15) is 12.8 Å². The van der Waals surface area contributed by atoms with Gasteiger partial charge in [-0.25, -0.2) is 0 Å². The van der Waals surface area contributed by atoms with E-state index in [9.17, 15) is 14.9 Å². The fourth-order valence-electron chi connectivity index (χ4n) is 2.65. The molecular weight excluding hydrogens is 352 g/mol. The lowest BCUT2D eigenvalue weighted by molar-refractivity contribution is -0.384. The highest BCUT2D eigenvalue weighted by molar-refractivity contribution is 5.93. The molecule has 1 saturated heterocycles. The summed E-state index contributed by atoms with van der Waals surface area (Å²) in [6.07, 6.45) is 2.09. The smallest absolute Gasteiger partial charge is 0.269 e. The first-order valence-electron chi connectivity index (χ1n) is 8.62. The van der Waals surface area contributed by atoms with Gasteiger partial charge >= 0.3 is 0 Å². The van der Waals surface area contributed by atoms with Crippen LogP contribution in [-0.2, 0) is 9.53 Å². The van der Waals surface area contributed by atoms with Crippen LogP contribution in [-0.4, -0.2) is 36.8 Å². The molecule has 0 aliphatic carbocycles. The van der Waals surface area contributed by atoms with Gasteiger partial charge in [-0.15, -0.1) is 0 Å². The van der Waals surface area contributed by atoms with E-state index < -0.39 is 4.92 Å². The Bertz CT molecular complexity index is 787. The highest BCUT2D eigenvalue weighted by Crippen LogP contribution is 2.25. The average molecular weight is 372 g/mol. The van der Waals surface area contributed by atoms with Crippen molar-refractivity contribution in [1.82, 2.24) is 0 Å². The molecule has 1 amide bonds. The number of non-ortho nitro benzene ring substituents is 1. The van der Waals surface area contributed by atoms with Gasteiger partial charge in [-0.1, -0.05) is 12.1 Å². The number of nitro groups is 1. The molecule has 1 heterocycles. The highest BCUT2D eigenvalue weighted by Gasteiger charge is 2.17. The van der Waals surface area contributed by atoms with Crippen LogP contribution >= 0.6 is 0 Å². The van der Waals surface area contributed by atoms with Crippen LogP contribution in [0.2, 0.25) is 0 Å². The SMILES string of the molecule is O=C(COc1ccc([N+](=O)[O-])cc1)Nc1ccccc1OCC1CCCO1. The number of carbonyl (C=O) groups excluding carboxylic acids is 1. The number of nitrogens with zero attached hydrogens (tertiary/aromatic N) is 1. The molecule has 8 nitrogen and oxygen atoms in total. The van der Waals surface area contributed by atoms with Crippen molar-refractivity contribution in [2.24, 2.45) is 0 Å². The molecule has 0 saturated carbocycles. The minimum absolute atomic E-state index is 0.0379. The first-order chi connectivity index (χ1) is 13.1. The Morgan fingerprint density at radius 1 is 1.19 bits per heavy atom. The van der Waals surface area contributed by atoms with E-state index in [1.165, 1.54) is 24.3 Å². The zero-order chi connectivity index (χ0) is 19.1. The Hall–Kier alpha value is -3.13. The fraction of sp³-hybridized carbons (Fsp3) is 0.316. The number of benzene rings is 2. The topological polar surface area (TPSA) is 99.9 Å². The molecule has 2 aromatic rings. The number of anilines is 1. The molecule has 1 aliphatic heterocycles. The average Bonchev–Trinajstić information content (AvgIpc) is 3.19. The van der Waals surface area contributed by atoms with Gasteiger partial charge in [-0.2, -0.15) is 0 Å². The van der Waals surface area contributed by atoms with Gasteiger partial charge in [0, 0.05) is 18.7 Å². The predicted octanol–water partition coefficient (Wildman–Crippen LogP) is 3.17. The van der Waals surface area contributed by atoms with E-state index in [0.717, 1.165) is 19.4 Å². The van der Waals surface area contributed by atoms with Crippen molar-refractivity contribution in [1.29, 1.82) is 0 Å². The fourth-order valence-corrected chi connectivity index (χ4v) is 2.65. The number of ether oxygens (including phenoxy) is 3. The van der Waals surface area contributed by atoms with Crippen LogP contribution < -0.4 is 14.8 Å². The second-order valence-electron chi connectivity index (χ2n) is 6.03. The van der Waals surface area contributed by atoms with E-state index in [0.29, 0.717) is 23.8 Å². The van der Waals surface area contributed by atoms with Crippen LogP contribution in [0, 0.1) is 10.1 Å². The molecule has 1 N–H and O–H groups in total. The normalized spacial score (nSPS) is 15.9. The molecule has 0 radical (unpaired) electrons. The summed E-state index contributed by atoms with van der Waals surface area (Å²) in [7, 11) is 0. The van der Waals surface area contributed by atoms with Crippen molar-refractivity contribution >= 4 is 17.3 Å². The van der Waals surface area contributed by atoms with E-state index in [1.807, 2.05) is 6.07 Å². The number of carbonyl (C=O) groups is 1. The zero-order valence-corrected chi connectivity index (χ0v) is 14.6. The molecule has 27 heavy (non-hydrogen) atoms. The maximum Gasteiger partial charge on any atom is 0.269 e. The summed E-state index contributed by atoms with van der Waals surface area (Å²) in [4.78, 5) is 22.3. The number of nitro benzene ring substituents is 1. The van der Waals surface area contributed by atoms with Crippen molar-refractivity contribution in [2.45, 2.75) is 18.9 Å². The molecule has 1 fully saturated rings. The van der Waals surface area contributed by atoms with E-state index in [1.54, 1.807) is 18.2 Å². The Balaban J connectivity index is 1.51. The van der Waals surface area contributed by atoms with E-state index >= 15 is 0 Å². The molecule has 0 aromatic heterocycles. The lowest BCUT2D eigenvalue weighted by Crippen LogP contribution is -2.21. The largest absolute Gasteiger partial charge is 0.489 e. The van der Waals surface area contributed by atoms with E-state index in [2.05, 4.69) is 5.32 Å². The van der Waals surface area contributed by atoms with E-state index in [4.69, 9.17) is 14.2 Å². The van der Waals surface area contributed by atoms with Crippen molar-refractivity contribution in [3.8, 4) is 11.5 Å². The number of hydrogen-bond donors (Lipinski definition) is 1. The number of hydrogen-bond acceptors (Lipinski definition) is 6. The quantitative estimate of drug-likeness (QED) is 0.564. The summed E-state index contributed by atoms with van der Waals surface area (Å²) in [5.74, 6) is 0.580. The molecule has 0 spiro atoms. The lowest BCUT2D eigenvalue weighted by atomic mass is 10.2. The second kappa shape index (κ2) is 9.00. The van der Waals surface area contributed by atoms with Crippen molar-refractivity contribution in [3.63, 3.8) is 0 Å². The summed E-state index contributed by atoms with van der Waals surface area (Å²) in [5, 5.41) is 13.4. The third kappa shape index (κ3) is 5.42. The van der Waals surface area contributed by atoms with Crippen LogP contribution in [0.15, 0.2) is 48.5 Å². The Morgan fingerprint density at radius 3 is 2.67 bits per heavy atom. The molecule has 3 rings (SSSR count). The number of para-hydroxylation sites is 2. The molecule has 1 unspecified atom stereocenters. The molecular formula is C19H20N2O6. The third-order valence-electron chi connectivity index (χ3n) is 4.03. The third-order valence-corrected chi connectivity index (χ3v) is 4.03. The number of rotatable bonds is 8. The minimum Gasteiger partial charge on any atom is -0.489 e. The zero-order valence-electron chi connectivity index (χ0n) is 14.6. The molecule has 1 atom stereocenters. The van der Waals surface area contributed by atoms with Crippen LogP contribution in [0.4, 0.5) is 11.4 Å². The summed E-state index contributed by atoms with van der Waals surface area (Å²) in [6.45, 7) is 0.969. The predicted molar refractivity (Wildman–Crippen MR) is 98.1 cm³/mol. The first-order valence-corrected chi connectivity index (χ1v) is 8.62. The van der Waals surface area contributed by atoms with E-state index in [-0.39, 0.29) is 24.3 Å². The lowest BCUT2D eigenvalue weighted by Gasteiger charge is -2.15. The monoisotopic (exact) mass is 372 g/mol. The summed E-state index contributed by atoms with van der Waals surface area (Å²) < 4.78 is 16.7. The van der Waals surface area contributed by atoms with Gasteiger partial charge in [0.05, 0.1) is 16.7 Å². The van der Waals surface area contributed by atoms with Gasteiger partial charge in [-0.3, -0.25) is 14.9 Å². The van der Waals surface area contributed by atoms with Crippen molar-refractivity contribution < 1.29 is 23.9 Å². The Labute approximate surface area is 156 Å². The highest BCUT2D eigenvalue weighted by atomic mass is 16.6. The molecule has 0 bridgehead atoms. The standard InChI is InChI=1S/C19H20N2O6/c22-19(13-26-15-9-7-14(8-10-15)21(23)24)20-17-5-1-2-6-18(17)27-12-16-4-3-11-25-16/h1-2,5-10,16H,3-4,11-13H2,(H,20,22). The van der Waals surface area contributed by atoms with Gasteiger partial charge in [0.2, 0.25) is 0 Å². The van der Waals surface area contributed by atoms with Gasteiger partial charge < -0.3 is 19.5 Å². The maximum absolute atomic E-state index is 12.1.